The molecule has 0 saturated heterocycles. The number of nitrogens with zero attached hydrogens (tertiary/aromatic N) is 2. The molecule has 2 aromatic rings. The van der Waals surface area contributed by atoms with Crippen molar-refractivity contribution in [2.75, 3.05) is 5.32 Å². The number of amidine groups is 1. The van der Waals surface area contributed by atoms with Crippen molar-refractivity contribution in [2.45, 2.75) is 44.1 Å². The Kier molecular flexibility index (Phi) is 5.14. The molecular formula is C18H17F5N4OS. The molecular weight excluding hydrogens is 415 g/mol. The van der Waals surface area contributed by atoms with Crippen molar-refractivity contribution >= 4 is 28.8 Å². The third-order valence-corrected chi connectivity index (χ3v) is 5.69. The topological polar surface area (TPSA) is 80.4 Å². The second-order valence-corrected chi connectivity index (χ2v) is 7.90. The first-order chi connectivity index (χ1) is 13.4. The van der Waals surface area contributed by atoms with Gasteiger partial charge < -0.3 is 11.1 Å². The quantitative estimate of drug-likeness (QED) is 0.706. The highest BCUT2D eigenvalue weighted by Gasteiger charge is 2.60. The van der Waals surface area contributed by atoms with E-state index in [1.807, 2.05) is 0 Å². The van der Waals surface area contributed by atoms with Crippen molar-refractivity contribution in [1.82, 2.24) is 4.98 Å². The molecule has 0 aliphatic carbocycles. The Hall–Kier alpha value is -2.56. The molecule has 2 heterocycles. The molecule has 0 saturated carbocycles. The molecule has 0 spiro atoms. The van der Waals surface area contributed by atoms with E-state index < -0.39 is 59.0 Å². The molecule has 0 radical (unpaired) electrons. The number of nitrogens with one attached hydrogen (secondary N) is 1. The Morgan fingerprint density at radius 3 is 2.62 bits per heavy atom. The number of hydrogen-bond donors (Lipinski definition) is 2. The van der Waals surface area contributed by atoms with Crippen LogP contribution < -0.4 is 11.1 Å². The zero-order valence-corrected chi connectivity index (χ0v) is 16.2. The predicted octanol–water partition coefficient (Wildman–Crippen LogP) is 4.34. The number of alkyl halides is 4. The fourth-order valence-corrected chi connectivity index (χ4v) is 3.72. The van der Waals surface area contributed by atoms with Gasteiger partial charge in [0.2, 0.25) is 0 Å². The first-order valence-corrected chi connectivity index (χ1v) is 9.32. The van der Waals surface area contributed by atoms with Gasteiger partial charge in [0.25, 0.3) is 11.8 Å². The van der Waals surface area contributed by atoms with Crippen LogP contribution in [0.1, 0.15) is 41.3 Å². The van der Waals surface area contributed by atoms with E-state index in [1.165, 1.54) is 11.4 Å². The summed E-state index contributed by atoms with van der Waals surface area (Å²) in [6.45, 7) is 0.966. The van der Waals surface area contributed by atoms with Gasteiger partial charge in [0, 0.05) is 10.9 Å². The molecule has 2 atom stereocenters. The van der Waals surface area contributed by atoms with Crippen molar-refractivity contribution in [3.63, 3.8) is 0 Å². The molecule has 1 amide bonds. The van der Waals surface area contributed by atoms with E-state index in [-0.39, 0.29) is 10.7 Å². The van der Waals surface area contributed by atoms with E-state index in [0.717, 1.165) is 37.3 Å². The first-order valence-electron chi connectivity index (χ1n) is 8.44. The van der Waals surface area contributed by atoms with E-state index in [1.54, 1.807) is 0 Å². The van der Waals surface area contributed by atoms with Crippen LogP contribution in [0.4, 0.5) is 27.6 Å². The number of aromatic nitrogens is 1. The number of rotatable bonds is 4. The van der Waals surface area contributed by atoms with Gasteiger partial charge in [0.05, 0.1) is 17.8 Å². The minimum Gasteiger partial charge on any atom is -0.385 e. The van der Waals surface area contributed by atoms with Gasteiger partial charge in [-0.15, -0.1) is 11.3 Å². The summed E-state index contributed by atoms with van der Waals surface area (Å²) in [6.07, 6.45) is -1.27. The largest absolute Gasteiger partial charge is 0.385 e. The average Bonchev–Trinajstić information content (AvgIpc) is 3.10. The van der Waals surface area contributed by atoms with Crippen molar-refractivity contribution in [3.05, 3.63) is 45.7 Å². The van der Waals surface area contributed by atoms with Crippen LogP contribution in [-0.4, -0.2) is 28.3 Å². The van der Waals surface area contributed by atoms with E-state index >= 15 is 4.39 Å². The number of halogens is 5. The zero-order valence-electron chi connectivity index (χ0n) is 15.4. The number of carbonyl (C=O) groups is 1. The second-order valence-electron chi connectivity index (χ2n) is 7.05. The van der Waals surface area contributed by atoms with Crippen LogP contribution in [0.25, 0.3) is 0 Å². The minimum atomic E-state index is -3.76. The smallest absolute Gasteiger partial charge is 0.284 e. The zero-order chi connectivity index (χ0) is 21.6. The summed E-state index contributed by atoms with van der Waals surface area (Å²) in [4.78, 5) is 19.6. The summed E-state index contributed by atoms with van der Waals surface area (Å²) in [5.41, 5.74) is -0.403. The summed E-state index contributed by atoms with van der Waals surface area (Å²) in [6, 6.07) is 3.48. The van der Waals surface area contributed by atoms with Gasteiger partial charge in [0.1, 0.15) is 12.5 Å². The molecule has 5 nitrogen and oxygen atoms in total. The maximum Gasteiger partial charge on any atom is 0.284 e. The van der Waals surface area contributed by atoms with E-state index in [4.69, 9.17) is 5.73 Å². The van der Waals surface area contributed by atoms with E-state index in [0.29, 0.717) is 0 Å². The van der Waals surface area contributed by atoms with Gasteiger partial charge in [-0.25, -0.2) is 26.9 Å². The maximum absolute atomic E-state index is 15.1. The van der Waals surface area contributed by atoms with Gasteiger partial charge in [-0.05, 0) is 19.9 Å². The highest BCUT2D eigenvalue weighted by molar-refractivity contribution is 7.11. The molecule has 3 rings (SSSR count). The molecule has 0 unspecified atom stereocenters. The fraction of sp³-hybridized carbons (Fsp3) is 0.389. The first kappa shape index (κ1) is 21.2. The third-order valence-electron chi connectivity index (χ3n) is 4.80. The van der Waals surface area contributed by atoms with Gasteiger partial charge in [-0.2, -0.15) is 0 Å². The predicted molar refractivity (Wildman–Crippen MR) is 99.3 cm³/mol. The summed E-state index contributed by atoms with van der Waals surface area (Å²) < 4.78 is 71.5. The van der Waals surface area contributed by atoms with Crippen LogP contribution >= 0.6 is 11.3 Å². The number of amides is 1. The van der Waals surface area contributed by atoms with Gasteiger partial charge in [-0.1, -0.05) is 12.1 Å². The highest BCUT2D eigenvalue weighted by Crippen LogP contribution is 2.50. The molecule has 156 valence electrons. The Morgan fingerprint density at radius 2 is 2.00 bits per heavy atom. The van der Waals surface area contributed by atoms with Crippen LogP contribution in [0.3, 0.4) is 0 Å². The normalized spacial score (nSPS) is 26.1. The number of aliphatic imine (C=N–C) groups is 1. The Bertz CT molecular complexity index is 990. The molecule has 0 bridgehead atoms. The average molecular weight is 432 g/mol. The van der Waals surface area contributed by atoms with Crippen molar-refractivity contribution in [2.24, 2.45) is 10.7 Å². The van der Waals surface area contributed by atoms with E-state index in [2.05, 4.69) is 15.3 Å². The van der Waals surface area contributed by atoms with Crippen LogP contribution in [0.5, 0.6) is 0 Å². The summed E-state index contributed by atoms with van der Waals surface area (Å²) in [5, 5.41) is 3.44. The van der Waals surface area contributed by atoms with Gasteiger partial charge in [0.15, 0.2) is 22.0 Å². The Labute approximate surface area is 166 Å². The molecule has 0 fully saturated rings. The Morgan fingerprint density at radius 1 is 1.31 bits per heavy atom. The highest BCUT2D eigenvalue weighted by atomic mass is 32.1. The standard InChI is InChI=1S/C18H17F5N4OS/c1-16(21)8-18(22,23)17(2,27-15(16)24)10-4-3-5-11(12(10)20)26-13(28)14-25-9(6-19)7-29-14/h3-5,7H,6,8H2,1-2H3,(H2,24,27)(H,26,28)/t16-,17-/m1/s1. The second kappa shape index (κ2) is 7.05. The SMILES string of the molecule is C[C@@]1(F)CC(F)(F)[C@@](C)(c2cccc(NC(=O)c3nc(CF)cs3)c2F)N=C1N. The third kappa shape index (κ3) is 3.59. The molecule has 1 aliphatic rings. The number of benzene rings is 1. The van der Waals surface area contributed by atoms with Crippen LogP contribution in [0.2, 0.25) is 0 Å². The molecule has 11 heteroatoms. The number of hydrogen-bond acceptors (Lipinski definition) is 5. The summed E-state index contributed by atoms with van der Waals surface area (Å²) >= 11 is 0.853. The lowest BCUT2D eigenvalue weighted by Crippen LogP contribution is -2.56. The minimum absolute atomic E-state index is 0.0443. The molecule has 3 N–H and O–H groups in total. The van der Waals surface area contributed by atoms with Gasteiger partial charge in [-0.3, -0.25) is 9.79 Å². The van der Waals surface area contributed by atoms with Crippen LogP contribution in [-0.2, 0) is 12.2 Å². The lowest BCUT2D eigenvalue weighted by Gasteiger charge is -2.42. The molecule has 1 aromatic carbocycles. The number of carbonyl (C=O) groups excluding carboxylic acids is 1. The van der Waals surface area contributed by atoms with E-state index in [9.17, 15) is 22.4 Å². The lowest BCUT2D eigenvalue weighted by molar-refractivity contribution is -0.106. The lowest BCUT2D eigenvalue weighted by atomic mass is 9.77. The fourth-order valence-electron chi connectivity index (χ4n) is 3.03. The maximum atomic E-state index is 15.1. The van der Waals surface area contributed by atoms with Crippen molar-refractivity contribution in [3.8, 4) is 0 Å². The summed E-state index contributed by atoms with van der Waals surface area (Å²) in [5.74, 6) is -6.41. The number of thiazole rings is 1. The van der Waals surface area contributed by atoms with Crippen molar-refractivity contribution < 1.29 is 26.7 Å². The molecule has 29 heavy (non-hydrogen) atoms. The molecule has 1 aliphatic heterocycles. The molecule has 1 aromatic heterocycles. The van der Waals surface area contributed by atoms with Crippen molar-refractivity contribution in [1.29, 1.82) is 0 Å². The monoisotopic (exact) mass is 432 g/mol. The summed E-state index contributed by atoms with van der Waals surface area (Å²) in [7, 11) is 0. The Balaban J connectivity index is 2.00. The number of nitrogens with two attached hydrogens (primary N) is 1. The van der Waals surface area contributed by atoms with Crippen LogP contribution in [0, 0.1) is 5.82 Å². The van der Waals surface area contributed by atoms with Gasteiger partial charge >= 0.3 is 0 Å². The number of anilines is 1. The van der Waals surface area contributed by atoms with Crippen LogP contribution in [0.15, 0.2) is 28.6 Å².